The molecule has 1 fully saturated rings. The second-order valence-electron chi connectivity index (χ2n) is 7.23. The fourth-order valence-electron chi connectivity index (χ4n) is 3.35. The van der Waals surface area contributed by atoms with Gasteiger partial charge < -0.3 is 36.2 Å². The zero-order chi connectivity index (χ0) is 21.8. The number of primary amides is 1. The highest BCUT2D eigenvalue weighted by atomic mass is 32.2. The summed E-state index contributed by atoms with van der Waals surface area (Å²) in [5, 5.41) is 41.7. The molecular formula is C21H26N2O6S. The molecule has 162 valence electrons. The van der Waals surface area contributed by atoms with Crippen molar-refractivity contribution in [2.75, 3.05) is 11.9 Å². The molecule has 0 radical (unpaired) electrons. The average Bonchev–Trinajstić information content (AvgIpc) is 2.71. The highest BCUT2D eigenvalue weighted by Gasteiger charge is 2.44. The van der Waals surface area contributed by atoms with E-state index >= 15 is 0 Å². The van der Waals surface area contributed by atoms with Gasteiger partial charge in [-0.1, -0.05) is 24.3 Å². The topological polar surface area (TPSA) is 145 Å². The van der Waals surface area contributed by atoms with Crippen LogP contribution in [0.3, 0.4) is 0 Å². The Morgan fingerprint density at radius 3 is 2.43 bits per heavy atom. The minimum atomic E-state index is -1.41. The average molecular weight is 435 g/mol. The van der Waals surface area contributed by atoms with E-state index in [1.54, 1.807) is 18.2 Å². The quantitative estimate of drug-likeness (QED) is 0.397. The molecule has 0 saturated carbocycles. The molecule has 2 aromatic rings. The number of aliphatic hydroxyl groups is 4. The van der Waals surface area contributed by atoms with Gasteiger partial charge in [0.15, 0.2) is 5.44 Å². The largest absolute Gasteiger partial charge is 0.477 e. The van der Waals surface area contributed by atoms with E-state index < -0.39 is 35.0 Å². The van der Waals surface area contributed by atoms with Gasteiger partial charge in [0, 0.05) is 17.7 Å². The Hall–Kier alpha value is -2.30. The van der Waals surface area contributed by atoms with E-state index in [2.05, 4.69) is 5.32 Å². The standard InChI is InChI=1S/C21H26N2O6S/c1-11-3-2-4-15(29-20-19(27)18(26)17(25)16(10-24)30-20)14(11)9-12-5-7-13(8-6-12)23-21(22)28/h2-8,16-20,24-27H,9-10H2,1H3,(H3,22,23,28)/t16-,17-,18+,19-,20-/m1/s1. The number of amides is 2. The number of nitrogens with one attached hydrogen (secondary N) is 1. The molecule has 2 amide bonds. The molecule has 5 atom stereocenters. The summed E-state index contributed by atoms with van der Waals surface area (Å²) in [6, 6.07) is 12.2. The van der Waals surface area contributed by atoms with Crippen molar-refractivity contribution in [1.82, 2.24) is 0 Å². The van der Waals surface area contributed by atoms with E-state index in [0.29, 0.717) is 17.9 Å². The molecule has 30 heavy (non-hydrogen) atoms. The minimum Gasteiger partial charge on any atom is -0.477 e. The number of urea groups is 1. The molecule has 9 heteroatoms. The summed E-state index contributed by atoms with van der Waals surface area (Å²) >= 11 is 1.09. The molecule has 1 heterocycles. The number of thioether (sulfide) groups is 1. The van der Waals surface area contributed by atoms with Crippen LogP contribution in [0.25, 0.3) is 0 Å². The van der Waals surface area contributed by atoms with Gasteiger partial charge in [0.1, 0.15) is 18.0 Å². The summed E-state index contributed by atoms with van der Waals surface area (Å²) in [7, 11) is 0. The molecule has 3 rings (SSSR count). The van der Waals surface area contributed by atoms with E-state index in [4.69, 9.17) is 10.5 Å². The van der Waals surface area contributed by atoms with Crippen molar-refractivity contribution in [3.63, 3.8) is 0 Å². The van der Waals surface area contributed by atoms with Crippen LogP contribution in [-0.4, -0.2) is 62.1 Å². The Morgan fingerprint density at radius 2 is 1.80 bits per heavy atom. The number of rotatable bonds is 6. The van der Waals surface area contributed by atoms with Gasteiger partial charge in [-0.25, -0.2) is 4.79 Å². The Balaban J connectivity index is 1.80. The molecule has 7 N–H and O–H groups in total. The highest BCUT2D eigenvalue weighted by molar-refractivity contribution is 8.00. The van der Waals surface area contributed by atoms with E-state index in [1.807, 2.05) is 31.2 Å². The summed E-state index contributed by atoms with van der Waals surface area (Å²) < 4.78 is 6.04. The molecular weight excluding hydrogens is 408 g/mol. The van der Waals surface area contributed by atoms with Crippen molar-refractivity contribution < 1.29 is 30.0 Å². The van der Waals surface area contributed by atoms with Crippen molar-refractivity contribution in [2.45, 2.75) is 42.3 Å². The molecule has 0 aromatic heterocycles. The first-order chi connectivity index (χ1) is 14.3. The van der Waals surface area contributed by atoms with Crippen molar-refractivity contribution in [3.05, 3.63) is 59.2 Å². The number of aliphatic hydroxyl groups excluding tert-OH is 4. The third-order valence-corrected chi connectivity index (χ3v) is 6.48. The van der Waals surface area contributed by atoms with Crippen LogP contribution >= 0.6 is 11.8 Å². The second kappa shape index (κ2) is 9.67. The van der Waals surface area contributed by atoms with Crippen LogP contribution in [0.2, 0.25) is 0 Å². The van der Waals surface area contributed by atoms with Gasteiger partial charge in [-0.3, -0.25) is 0 Å². The van der Waals surface area contributed by atoms with Crippen molar-refractivity contribution >= 4 is 23.5 Å². The molecule has 1 aliphatic rings. The highest BCUT2D eigenvalue weighted by Crippen LogP contribution is 2.36. The maximum absolute atomic E-state index is 11.0. The molecule has 2 aromatic carbocycles. The smallest absolute Gasteiger partial charge is 0.316 e. The maximum atomic E-state index is 11.0. The van der Waals surface area contributed by atoms with Crippen molar-refractivity contribution in [1.29, 1.82) is 0 Å². The Labute approximate surface area is 178 Å². The van der Waals surface area contributed by atoms with Gasteiger partial charge in [0.25, 0.3) is 0 Å². The number of nitrogens with two attached hydrogens (primary N) is 1. The van der Waals surface area contributed by atoms with E-state index in [1.165, 1.54) is 0 Å². The lowest BCUT2D eigenvalue weighted by Gasteiger charge is -2.39. The van der Waals surface area contributed by atoms with Gasteiger partial charge >= 0.3 is 6.03 Å². The summed E-state index contributed by atoms with van der Waals surface area (Å²) in [6.45, 7) is 1.60. The lowest BCUT2D eigenvalue weighted by Crippen LogP contribution is -2.55. The molecule has 1 aliphatic heterocycles. The van der Waals surface area contributed by atoms with E-state index in [-0.39, 0.29) is 6.61 Å². The van der Waals surface area contributed by atoms with Gasteiger partial charge in [-0.15, -0.1) is 11.8 Å². The first-order valence-electron chi connectivity index (χ1n) is 9.51. The van der Waals surface area contributed by atoms with Crippen LogP contribution in [0.15, 0.2) is 42.5 Å². The van der Waals surface area contributed by atoms with Crippen molar-refractivity contribution in [3.8, 4) is 5.75 Å². The minimum absolute atomic E-state index is 0.345. The van der Waals surface area contributed by atoms with Crippen LogP contribution in [0, 0.1) is 6.92 Å². The third kappa shape index (κ3) is 5.05. The predicted octanol–water partition coefficient (Wildman–Crippen LogP) is 0.972. The lowest BCUT2D eigenvalue weighted by atomic mass is 9.99. The van der Waals surface area contributed by atoms with Crippen LogP contribution < -0.4 is 15.8 Å². The molecule has 8 nitrogen and oxygen atoms in total. The first kappa shape index (κ1) is 22.4. The fourth-order valence-corrected chi connectivity index (χ4v) is 4.59. The number of ether oxygens (including phenoxy) is 1. The summed E-state index contributed by atoms with van der Waals surface area (Å²) in [4.78, 5) is 11.0. The Bertz CT molecular complexity index is 876. The van der Waals surface area contributed by atoms with Crippen LogP contribution in [0.1, 0.15) is 16.7 Å². The molecule has 0 unspecified atom stereocenters. The van der Waals surface area contributed by atoms with Crippen LogP contribution in [-0.2, 0) is 6.42 Å². The summed E-state index contributed by atoms with van der Waals surface area (Å²) in [5.41, 5.74) is 7.74. The number of aryl methyl sites for hydroxylation is 1. The monoisotopic (exact) mass is 434 g/mol. The summed E-state index contributed by atoms with van der Waals surface area (Å²) in [5.74, 6) is 0.547. The number of anilines is 1. The van der Waals surface area contributed by atoms with Crippen LogP contribution in [0.4, 0.5) is 10.5 Å². The molecule has 0 spiro atoms. The zero-order valence-electron chi connectivity index (χ0n) is 16.4. The number of carbonyl (C=O) groups excluding carboxylic acids is 1. The predicted molar refractivity (Wildman–Crippen MR) is 115 cm³/mol. The second-order valence-corrected chi connectivity index (χ2v) is 8.57. The summed E-state index contributed by atoms with van der Waals surface area (Å²) in [6.07, 6.45) is -3.41. The van der Waals surface area contributed by atoms with Gasteiger partial charge in [0.05, 0.1) is 18.0 Å². The number of hydrogen-bond acceptors (Lipinski definition) is 7. The Kier molecular flexibility index (Phi) is 7.22. The third-order valence-electron chi connectivity index (χ3n) is 5.06. The number of carbonyl (C=O) groups is 1. The van der Waals surface area contributed by atoms with Gasteiger partial charge in [-0.2, -0.15) is 0 Å². The Morgan fingerprint density at radius 1 is 1.10 bits per heavy atom. The van der Waals surface area contributed by atoms with E-state index in [9.17, 15) is 25.2 Å². The van der Waals surface area contributed by atoms with Gasteiger partial charge in [0.2, 0.25) is 0 Å². The lowest BCUT2D eigenvalue weighted by molar-refractivity contribution is -0.0910. The normalized spacial score (nSPS) is 26.2. The maximum Gasteiger partial charge on any atom is 0.316 e. The zero-order valence-corrected chi connectivity index (χ0v) is 17.2. The molecule has 1 saturated heterocycles. The van der Waals surface area contributed by atoms with Gasteiger partial charge in [-0.05, 0) is 36.2 Å². The number of hydrogen-bond donors (Lipinski definition) is 6. The van der Waals surface area contributed by atoms with Crippen molar-refractivity contribution in [2.24, 2.45) is 5.73 Å². The SMILES string of the molecule is Cc1cccc(O[C@@H]2S[C@H](CO)[C@@H](O)[C@H](O)[C@H]2O)c1Cc1ccc(NC(N)=O)cc1. The fraction of sp³-hybridized carbons (Fsp3) is 0.381. The van der Waals surface area contributed by atoms with Crippen LogP contribution in [0.5, 0.6) is 5.75 Å². The molecule has 0 bridgehead atoms. The number of benzene rings is 2. The first-order valence-corrected chi connectivity index (χ1v) is 10.5. The van der Waals surface area contributed by atoms with E-state index in [0.717, 1.165) is 28.5 Å². The molecule has 0 aliphatic carbocycles.